The van der Waals surface area contributed by atoms with Gasteiger partial charge in [-0.2, -0.15) is 0 Å². The third-order valence-corrected chi connectivity index (χ3v) is 3.32. The molecule has 0 spiro atoms. The zero-order chi connectivity index (χ0) is 16.8. The molecule has 2 aromatic rings. The molecule has 0 saturated heterocycles. The summed E-state index contributed by atoms with van der Waals surface area (Å²) in [5.41, 5.74) is 0.351. The number of para-hydroxylation sites is 1. The lowest BCUT2D eigenvalue weighted by Crippen LogP contribution is -2.38. The van der Waals surface area contributed by atoms with Crippen molar-refractivity contribution in [2.75, 3.05) is 13.1 Å². The molecule has 7 heteroatoms. The first kappa shape index (κ1) is 16.7. The van der Waals surface area contributed by atoms with E-state index in [-0.39, 0.29) is 29.8 Å². The molecule has 2 amide bonds. The maximum absolute atomic E-state index is 12.2. The minimum atomic E-state index is -0.303. The van der Waals surface area contributed by atoms with Gasteiger partial charge in [-0.3, -0.25) is 19.0 Å². The predicted octanol–water partition coefficient (Wildman–Crippen LogP) is 0.285. The molecule has 0 atom stereocenters. The molecule has 2 rings (SSSR count). The summed E-state index contributed by atoms with van der Waals surface area (Å²) >= 11 is 0. The number of hydrogen-bond acceptors (Lipinski definition) is 4. The Labute approximate surface area is 133 Å². The Morgan fingerprint density at radius 2 is 1.87 bits per heavy atom. The fourth-order valence-corrected chi connectivity index (χ4v) is 2.02. The number of rotatable bonds is 6. The maximum Gasteiger partial charge on any atom is 0.261 e. The van der Waals surface area contributed by atoms with Gasteiger partial charge >= 0.3 is 0 Å². The van der Waals surface area contributed by atoms with Gasteiger partial charge in [0, 0.05) is 19.0 Å². The molecule has 122 valence electrons. The fourth-order valence-electron chi connectivity index (χ4n) is 2.02. The van der Waals surface area contributed by atoms with Crippen molar-refractivity contribution in [3.8, 4) is 0 Å². The van der Waals surface area contributed by atoms with Crippen LogP contribution in [0.5, 0.6) is 0 Å². The highest BCUT2D eigenvalue weighted by Crippen LogP contribution is 2.04. The zero-order valence-electron chi connectivity index (χ0n) is 13.2. The minimum absolute atomic E-state index is 0.0609. The zero-order valence-corrected chi connectivity index (χ0v) is 13.2. The van der Waals surface area contributed by atoms with Crippen LogP contribution in [0.4, 0.5) is 0 Å². The van der Waals surface area contributed by atoms with Crippen molar-refractivity contribution in [3.63, 3.8) is 0 Å². The van der Waals surface area contributed by atoms with Crippen LogP contribution in [0.1, 0.15) is 13.8 Å². The molecule has 0 bridgehead atoms. The fraction of sp³-hybridized carbons (Fsp3) is 0.375. The van der Waals surface area contributed by atoms with Crippen LogP contribution in [-0.4, -0.2) is 34.5 Å². The number of hydrogen-bond donors (Lipinski definition) is 2. The first-order valence-electron chi connectivity index (χ1n) is 7.47. The lowest BCUT2D eigenvalue weighted by Gasteiger charge is -2.10. The SMILES string of the molecule is CC(C)C(=O)NCCNC(=O)Cn1cnc2ccccc2c1=O. The molecule has 0 aliphatic carbocycles. The Balaban J connectivity index is 1.90. The van der Waals surface area contributed by atoms with Gasteiger partial charge < -0.3 is 10.6 Å². The quantitative estimate of drug-likeness (QED) is 0.749. The van der Waals surface area contributed by atoms with E-state index in [4.69, 9.17) is 0 Å². The van der Waals surface area contributed by atoms with Crippen LogP contribution in [0.2, 0.25) is 0 Å². The van der Waals surface area contributed by atoms with Crippen LogP contribution in [0.25, 0.3) is 10.9 Å². The summed E-state index contributed by atoms with van der Waals surface area (Å²) in [4.78, 5) is 39.6. The Hall–Kier alpha value is -2.70. The molecule has 0 aliphatic heterocycles. The lowest BCUT2D eigenvalue weighted by atomic mass is 10.2. The van der Waals surface area contributed by atoms with E-state index in [1.54, 1.807) is 38.1 Å². The van der Waals surface area contributed by atoms with Crippen molar-refractivity contribution < 1.29 is 9.59 Å². The van der Waals surface area contributed by atoms with E-state index >= 15 is 0 Å². The van der Waals surface area contributed by atoms with Crippen molar-refractivity contribution in [2.24, 2.45) is 5.92 Å². The van der Waals surface area contributed by atoms with Gasteiger partial charge in [-0.25, -0.2) is 4.98 Å². The molecule has 0 aliphatic rings. The van der Waals surface area contributed by atoms with Crippen molar-refractivity contribution in [1.29, 1.82) is 0 Å². The number of aromatic nitrogens is 2. The van der Waals surface area contributed by atoms with Crippen molar-refractivity contribution >= 4 is 22.7 Å². The lowest BCUT2D eigenvalue weighted by molar-refractivity contribution is -0.125. The summed E-state index contributed by atoms with van der Waals surface area (Å²) in [6.45, 7) is 4.16. The summed E-state index contributed by atoms with van der Waals surface area (Å²) in [5.74, 6) is -0.454. The molecule has 1 aromatic heterocycles. The molecule has 0 fully saturated rings. The number of carbonyl (C=O) groups excluding carboxylic acids is 2. The van der Waals surface area contributed by atoms with E-state index in [2.05, 4.69) is 15.6 Å². The highest BCUT2D eigenvalue weighted by Gasteiger charge is 2.08. The second-order valence-electron chi connectivity index (χ2n) is 5.49. The van der Waals surface area contributed by atoms with E-state index < -0.39 is 0 Å². The Kier molecular flexibility index (Phi) is 5.46. The Bertz CT molecular complexity index is 767. The third-order valence-electron chi connectivity index (χ3n) is 3.32. The van der Waals surface area contributed by atoms with E-state index in [9.17, 15) is 14.4 Å². The Morgan fingerprint density at radius 1 is 1.17 bits per heavy atom. The molecule has 0 unspecified atom stereocenters. The highest BCUT2D eigenvalue weighted by molar-refractivity contribution is 5.79. The molecule has 0 saturated carbocycles. The largest absolute Gasteiger partial charge is 0.354 e. The number of benzene rings is 1. The van der Waals surface area contributed by atoms with Crippen LogP contribution < -0.4 is 16.2 Å². The van der Waals surface area contributed by atoms with Crippen LogP contribution in [-0.2, 0) is 16.1 Å². The van der Waals surface area contributed by atoms with Gasteiger partial charge in [0.05, 0.1) is 17.2 Å². The molecule has 0 radical (unpaired) electrons. The van der Waals surface area contributed by atoms with Gasteiger partial charge in [0.1, 0.15) is 6.54 Å². The third kappa shape index (κ3) is 4.38. The molecule has 23 heavy (non-hydrogen) atoms. The maximum atomic E-state index is 12.2. The summed E-state index contributed by atoms with van der Waals surface area (Å²) in [6, 6.07) is 6.99. The molecule has 1 aromatic carbocycles. The van der Waals surface area contributed by atoms with Gasteiger partial charge in [-0.05, 0) is 12.1 Å². The number of amides is 2. The molecule has 7 nitrogen and oxygen atoms in total. The summed E-state index contributed by atoms with van der Waals surface area (Å²) in [7, 11) is 0. The molecule has 2 N–H and O–H groups in total. The number of nitrogens with zero attached hydrogens (tertiary/aromatic N) is 2. The molecular formula is C16H20N4O3. The van der Waals surface area contributed by atoms with Gasteiger partial charge in [0.2, 0.25) is 11.8 Å². The number of carbonyl (C=O) groups is 2. The first-order chi connectivity index (χ1) is 11.0. The normalized spacial score (nSPS) is 10.7. The van der Waals surface area contributed by atoms with Crippen LogP contribution in [0, 0.1) is 5.92 Å². The average molecular weight is 316 g/mol. The first-order valence-corrected chi connectivity index (χ1v) is 7.47. The number of fused-ring (bicyclic) bond motifs is 1. The van der Waals surface area contributed by atoms with Crippen molar-refractivity contribution in [2.45, 2.75) is 20.4 Å². The molecule has 1 heterocycles. The smallest absolute Gasteiger partial charge is 0.261 e. The minimum Gasteiger partial charge on any atom is -0.354 e. The summed E-state index contributed by atoms with van der Waals surface area (Å²) in [5, 5.41) is 5.84. The predicted molar refractivity (Wildman–Crippen MR) is 86.9 cm³/mol. The average Bonchev–Trinajstić information content (AvgIpc) is 2.54. The van der Waals surface area contributed by atoms with Crippen LogP contribution in [0.3, 0.4) is 0 Å². The van der Waals surface area contributed by atoms with Gasteiger partial charge in [-0.1, -0.05) is 26.0 Å². The van der Waals surface area contributed by atoms with Crippen molar-refractivity contribution in [3.05, 3.63) is 40.9 Å². The van der Waals surface area contributed by atoms with E-state index in [1.807, 2.05) is 0 Å². The monoisotopic (exact) mass is 316 g/mol. The van der Waals surface area contributed by atoms with Gasteiger partial charge in [0.15, 0.2) is 0 Å². The van der Waals surface area contributed by atoms with E-state index in [0.717, 1.165) is 0 Å². The standard InChI is InChI=1S/C16H20N4O3/c1-11(2)15(22)18-8-7-17-14(21)9-20-10-19-13-6-4-3-5-12(13)16(20)23/h3-6,10-11H,7-9H2,1-2H3,(H,17,21)(H,18,22). The Morgan fingerprint density at radius 3 is 2.61 bits per heavy atom. The van der Waals surface area contributed by atoms with Crippen molar-refractivity contribution in [1.82, 2.24) is 20.2 Å². The van der Waals surface area contributed by atoms with E-state index in [0.29, 0.717) is 24.0 Å². The second kappa shape index (κ2) is 7.53. The van der Waals surface area contributed by atoms with Crippen LogP contribution in [0.15, 0.2) is 35.4 Å². The van der Waals surface area contributed by atoms with Gasteiger partial charge in [0.25, 0.3) is 5.56 Å². The second-order valence-corrected chi connectivity index (χ2v) is 5.49. The van der Waals surface area contributed by atoms with Crippen LogP contribution >= 0.6 is 0 Å². The summed E-state index contributed by atoms with van der Waals surface area (Å²) in [6.07, 6.45) is 1.37. The topological polar surface area (TPSA) is 93.1 Å². The number of nitrogens with one attached hydrogen (secondary N) is 2. The van der Waals surface area contributed by atoms with Gasteiger partial charge in [-0.15, -0.1) is 0 Å². The summed E-state index contributed by atoms with van der Waals surface area (Å²) < 4.78 is 1.27. The highest BCUT2D eigenvalue weighted by atomic mass is 16.2. The molecular weight excluding hydrogens is 296 g/mol. The van der Waals surface area contributed by atoms with E-state index in [1.165, 1.54) is 10.9 Å².